The van der Waals surface area contributed by atoms with Crippen molar-refractivity contribution in [2.45, 2.75) is 25.7 Å². The van der Waals surface area contributed by atoms with Gasteiger partial charge in [-0.25, -0.2) is 0 Å². The maximum atomic E-state index is 12.9. The first-order valence-electron chi connectivity index (χ1n) is 8.25. The summed E-state index contributed by atoms with van der Waals surface area (Å²) in [7, 11) is 0. The third-order valence-corrected chi connectivity index (χ3v) is 4.93. The van der Waals surface area contributed by atoms with Crippen molar-refractivity contribution in [1.82, 2.24) is 0 Å². The maximum Gasteiger partial charge on any atom is 0.321 e. The Kier molecular flexibility index (Phi) is 4.50. The number of hydrogen-bond donors (Lipinski definition) is 3. The lowest BCUT2D eigenvalue weighted by atomic mass is 9.66. The van der Waals surface area contributed by atoms with E-state index < -0.39 is 29.2 Å². The number of rotatable bonds is 4. The minimum Gasteiger partial charge on any atom is -0.480 e. The maximum absolute atomic E-state index is 12.9. The van der Waals surface area contributed by atoms with Crippen LogP contribution >= 0.6 is 0 Å². The van der Waals surface area contributed by atoms with Gasteiger partial charge < -0.3 is 15.5 Å². The van der Waals surface area contributed by atoms with Crippen molar-refractivity contribution in [3.05, 3.63) is 65.2 Å². The molecule has 1 amide bonds. The lowest BCUT2D eigenvalue weighted by Crippen LogP contribution is -2.47. The number of carboxylic acids is 2. The highest BCUT2D eigenvalue weighted by molar-refractivity contribution is 6.02. The number of carbonyl (C=O) groups is 3. The molecule has 0 saturated carbocycles. The SMILES string of the molecule is Cc1ccc(NC(=O)C2CC(C(=O)O)(C(=O)O)Cc3ccccc32)cc1. The Bertz CT molecular complexity index is 858. The number of carbonyl (C=O) groups excluding carboxylic acids is 1. The largest absolute Gasteiger partial charge is 0.480 e. The van der Waals surface area contributed by atoms with Crippen LogP contribution in [0.2, 0.25) is 0 Å². The Labute approximate surface area is 150 Å². The second kappa shape index (κ2) is 6.63. The highest BCUT2D eigenvalue weighted by Crippen LogP contribution is 2.43. The quantitative estimate of drug-likeness (QED) is 0.733. The molecule has 0 radical (unpaired) electrons. The van der Waals surface area contributed by atoms with Crippen LogP contribution in [0.1, 0.15) is 29.0 Å². The molecule has 2 aromatic rings. The first-order chi connectivity index (χ1) is 12.3. The Balaban J connectivity index is 1.98. The van der Waals surface area contributed by atoms with Gasteiger partial charge in [-0.1, -0.05) is 42.0 Å². The van der Waals surface area contributed by atoms with E-state index in [9.17, 15) is 24.6 Å². The highest BCUT2D eigenvalue weighted by Gasteiger charge is 2.52. The Hall–Kier alpha value is -3.15. The van der Waals surface area contributed by atoms with Crippen LogP contribution < -0.4 is 5.32 Å². The van der Waals surface area contributed by atoms with Crippen molar-refractivity contribution in [1.29, 1.82) is 0 Å². The minimum absolute atomic E-state index is 0.137. The van der Waals surface area contributed by atoms with Gasteiger partial charge in [-0.15, -0.1) is 0 Å². The van der Waals surface area contributed by atoms with Crippen LogP contribution in [-0.2, 0) is 20.8 Å². The van der Waals surface area contributed by atoms with Crippen molar-refractivity contribution in [3.8, 4) is 0 Å². The second-order valence-corrected chi connectivity index (χ2v) is 6.68. The van der Waals surface area contributed by atoms with Crippen molar-refractivity contribution in [2.75, 3.05) is 5.32 Å². The highest BCUT2D eigenvalue weighted by atomic mass is 16.4. The van der Waals surface area contributed by atoms with E-state index in [4.69, 9.17) is 0 Å². The van der Waals surface area contributed by atoms with E-state index in [0.29, 0.717) is 16.8 Å². The van der Waals surface area contributed by atoms with Gasteiger partial charge in [-0.05, 0) is 43.0 Å². The summed E-state index contributed by atoms with van der Waals surface area (Å²) < 4.78 is 0. The first-order valence-corrected chi connectivity index (χ1v) is 8.25. The van der Waals surface area contributed by atoms with E-state index in [2.05, 4.69) is 5.32 Å². The second-order valence-electron chi connectivity index (χ2n) is 6.68. The fraction of sp³-hybridized carbons (Fsp3) is 0.250. The molecule has 6 heteroatoms. The van der Waals surface area contributed by atoms with Gasteiger partial charge in [0.1, 0.15) is 0 Å². The fourth-order valence-corrected chi connectivity index (χ4v) is 3.41. The van der Waals surface area contributed by atoms with Gasteiger partial charge in [0.05, 0.1) is 5.92 Å². The molecule has 2 aromatic carbocycles. The van der Waals surface area contributed by atoms with Crippen molar-refractivity contribution in [2.24, 2.45) is 5.41 Å². The molecule has 1 atom stereocenters. The third kappa shape index (κ3) is 3.06. The lowest BCUT2D eigenvalue weighted by Gasteiger charge is -2.35. The van der Waals surface area contributed by atoms with Gasteiger partial charge in [-0.2, -0.15) is 0 Å². The standard InChI is InChI=1S/C20H19NO5/c1-12-6-8-14(9-7-12)21-17(22)16-11-20(18(23)24,19(25)26)10-13-4-2-3-5-15(13)16/h2-9,16H,10-11H2,1H3,(H,21,22)(H,23,24)(H,25,26). The van der Waals surface area contributed by atoms with Crippen LogP contribution in [0.5, 0.6) is 0 Å². The molecule has 1 unspecified atom stereocenters. The Morgan fingerprint density at radius 1 is 1.00 bits per heavy atom. The molecule has 0 heterocycles. The number of carboxylic acid groups (broad SMARTS) is 2. The summed E-state index contributed by atoms with van der Waals surface area (Å²) in [5, 5.41) is 22.0. The van der Waals surface area contributed by atoms with E-state index in [1.165, 1.54) is 0 Å². The molecule has 3 rings (SSSR count). The van der Waals surface area contributed by atoms with Crippen LogP contribution in [0.3, 0.4) is 0 Å². The molecule has 0 fully saturated rings. The Morgan fingerprint density at radius 3 is 2.23 bits per heavy atom. The summed E-state index contributed by atoms with van der Waals surface area (Å²) in [5.74, 6) is -4.11. The molecule has 3 N–H and O–H groups in total. The predicted molar refractivity (Wildman–Crippen MR) is 95.0 cm³/mol. The number of aryl methyl sites for hydroxylation is 1. The monoisotopic (exact) mass is 353 g/mol. The average molecular weight is 353 g/mol. The molecule has 0 bridgehead atoms. The lowest BCUT2D eigenvalue weighted by molar-refractivity contribution is -0.166. The zero-order valence-electron chi connectivity index (χ0n) is 14.2. The zero-order chi connectivity index (χ0) is 18.9. The van der Waals surface area contributed by atoms with E-state index >= 15 is 0 Å². The number of aliphatic carboxylic acids is 2. The third-order valence-electron chi connectivity index (χ3n) is 4.93. The predicted octanol–water partition coefficient (Wildman–Crippen LogP) is 2.82. The molecule has 1 aliphatic carbocycles. The van der Waals surface area contributed by atoms with Crippen molar-refractivity contribution >= 4 is 23.5 Å². The summed E-state index contributed by atoms with van der Waals surface area (Å²) in [5.41, 5.74) is 0.869. The number of nitrogens with one attached hydrogen (secondary N) is 1. The summed E-state index contributed by atoms with van der Waals surface area (Å²) >= 11 is 0. The fourth-order valence-electron chi connectivity index (χ4n) is 3.41. The van der Waals surface area contributed by atoms with Crippen molar-refractivity contribution in [3.63, 3.8) is 0 Å². The molecule has 0 aliphatic heterocycles. The van der Waals surface area contributed by atoms with Gasteiger partial charge in [0.25, 0.3) is 0 Å². The summed E-state index contributed by atoms with van der Waals surface area (Å²) in [6.07, 6.45) is -0.422. The molecule has 0 spiro atoms. The van der Waals surface area contributed by atoms with Crippen molar-refractivity contribution < 1.29 is 24.6 Å². The van der Waals surface area contributed by atoms with Crippen LogP contribution in [0, 0.1) is 12.3 Å². The number of amides is 1. The number of hydrogen-bond acceptors (Lipinski definition) is 3. The zero-order valence-corrected chi connectivity index (χ0v) is 14.2. The molecule has 6 nitrogen and oxygen atoms in total. The van der Waals surface area contributed by atoms with Crippen LogP contribution in [0.15, 0.2) is 48.5 Å². The molecule has 26 heavy (non-hydrogen) atoms. The minimum atomic E-state index is -2.01. The van der Waals surface area contributed by atoms with Crippen LogP contribution in [0.25, 0.3) is 0 Å². The molecule has 134 valence electrons. The number of benzene rings is 2. The van der Waals surface area contributed by atoms with Gasteiger partial charge in [-0.3, -0.25) is 14.4 Å². The van der Waals surface area contributed by atoms with E-state index in [-0.39, 0.29) is 12.8 Å². The molecule has 1 aliphatic rings. The average Bonchev–Trinajstić information content (AvgIpc) is 2.62. The van der Waals surface area contributed by atoms with Gasteiger partial charge >= 0.3 is 11.9 Å². The number of anilines is 1. The van der Waals surface area contributed by atoms with Gasteiger partial charge in [0.15, 0.2) is 5.41 Å². The molecule has 0 aromatic heterocycles. The molecular formula is C20H19NO5. The Morgan fingerprint density at radius 2 is 1.62 bits per heavy atom. The van der Waals surface area contributed by atoms with Crippen LogP contribution in [-0.4, -0.2) is 28.1 Å². The summed E-state index contributed by atoms with van der Waals surface area (Å²) in [6.45, 7) is 1.93. The smallest absolute Gasteiger partial charge is 0.321 e. The van der Waals surface area contributed by atoms with E-state index in [0.717, 1.165) is 5.56 Å². The van der Waals surface area contributed by atoms with Gasteiger partial charge in [0.2, 0.25) is 5.91 Å². The van der Waals surface area contributed by atoms with Gasteiger partial charge in [0, 0.05) is 5.69 Å². The topological polar surface area (TPSA) is 104 Å². The number of fused-ring (bicyclic) bond motifs is 1. The molecule has 0 saturated heterocycles. The van der Waals surface area contributed by atoms with E-state index in [1.54, 1.807) is 36.4 Å². The summed E-state index contributed by atoms with van der Waals surface area (Å²) in [4.78, 5) is 36.4. The first kappa shape index (κ1) is 17.7. The van der Waals surface area contributed by atoms with E-state index in [1.807, 2.05) is 19.1 Å². The normalized spacial score (nSPS) is 17.8. The summed E-state index contributed by atoms with van der Waals surface area (Å²) in [6, 6.07) is 14.1. The molecular weight excluding hydrogens is 334 g/mol. The van der Waals surface area contributed by atoms with Crippen LogP contribution in [0.4, 0.5) is 5.69 Å².